The molecule has 0 fully saturated rings. The molecule has 0 aliphatic rings. The third-order valence-corrected chi connectivity index (χ3v) is 2.89. The molecule has 1 amide bonds. The van der Waals surface area contributed by atoms with E-state index in [-0.39, 0.29) is 5.56 Å². The van der Waals surface area contributed by atoms with Crippen molar-refractivity contribution < 1.29 is 28.9 Å². The fraction of sp³-hybridized carbons (Fsp3) is 0.500. The molecule has 0 heterocycles. The minimum Gasteiger partial charge on any atom is -0.490 e. The highest BCUT2D eigenvalue weighted by atomic mass is 16.5. The first-order valence-corrected chi connectivity index (χ1v) is 7.54. The lowest BCUT2D eigenvalue weighted by Gasteiger charge is -2.17. The number of benzene rings is 1. The van der Waals surface area contributed by atoms with E-state index >= 15 is 0 Å². The second-order valence-electron chi connectivity index (χ2n) is 4.63. The zero-order chi connectivity index (χ0) is 17.4. The van der Waals surface area contributed by atoms with Crippen molar-refractivity contribution in [2.75, 3.05) is 19.8 Å². The maximum absolute atomic E-state index is 12.2. The largest absolute Gasteiger partial charge is 0.490 e. The van der Waals surface area contributed by atoms with Crippen LogP contribution in [0.4, 0.5) is 0 Å². The molecule has 7 heteroatoms. The van der Waals surface area contributed by atoms with Gasteiger partial charge in [-0.1, -0.05) is 0 Å². The Morgan fingerprint density at radius 3 is 1.91 bits per heavy atom. The molecule has 7 nitrogen and oxygen atoms in total. The minimum atomic E-state index is -1.11. The Morgan fingerprint density at radius 1 is 1.04 bits per heavy atom. The normalized spacial score (nSPS) is 11.5. The SMILES string of the molecule is CCOc1cc(C(=O)N[C@H](C)C(=O)O)cc(OCC)c1OCC. The number of carbonyl (C=O) groups is 2. The van der Waals surface area contributed by atoms with Crippen LogP contribution in [0.1, 0.15) is 38.1 Å². The molecule has 0 spiro atoms. The molecule has 2 N–H and O–H groups in total. The number of carboxylic acids is 1. The topological polar surface area (TPSA) is 94.1 Å². The van der Waals surface area contributed by atoms with E-state index in [1.165, 1.54) is 19.1 Å². The van der Waals surface area contributed by atoms with Gasteiger partial charge in [0.25, 0.3) is 5.91 Å². The van der Waals surface area contributed by atoms with Crippen LogP contribution in [-0.2, 0) is 4.79 Å². The van der Waals surface area contributed by atoms with Crippen LogP contribution >= 0.6 is 0 Å². The minimum absolute atomic E-state index is 0.244. The lowest BCUT2D eigenvalue weighted by molar-refractivity contribution is -0.138. The first-order valence-electron chi connectivity index (χ1n) is 7.54. The zero-order valence-electron chi connectivity index (χ0n) is 13.8. The molecular formula is C16H23NO6. The molecule has 23 heavy (non-hydrogen) atoms. The van der Waals surface area contributed by atoms with Crippen molar-refractivity contribution in [1.82, 2.24) is 5.32 Å². The summed E-state index contributed by atoms with van der Waals surface area (Å²) in [5, 5.41) is 11.3. The van der Waals surface area contributed by atoms with Gasteiger partial charge in [0.2, 0.25) is 5.75 Å². The third kappa shape index (κ3) is 5.05. The van der Waals surface area contributed by atoms with Gasteiger partial charge >= 0.3 is 5.97 Å². The molecule has 0 saturated carbocycles. The van der Waals surface area contributed by atoms with Gasteiger partial charge in [0, 0.05) is 5.56 Å². The number of aliphatic carboxylic acids is 1. The molecule has 0 aliphatic carbocycles. The molecule has 1 aromatic carbocycles. The average Bonchev–Trinajstić information content (AvgIpc) is 2.50. The fourth-order valence-corrected chi connectivity index (χ4v) is 1.86. The van der Waals surface area contributed by atoms with Crippen LogP contribution in [0.2, 0.25) is 0 Å². The monoisotopic (exact) mass is 325 g/mol. The van der Waals surface area contributed by atoms with E-state index in [0.717, 1.165) is 0 Å². The van der Waals surface area contributed by atoms with Crippen LogP contribution in [0.5, 0.6) is 17.2 Å². The molecule has 128 valence electrons. The first kappa shape index (κ1) is 18.6. The highest BCUT2D eigenvalue weighted by Crippen LogP contribution is 2.39. The summed E-state index contributed by atoms with van der Waals surface area (Å²) in [7, 11) is 0. The number of amides is 1. The Labute approximate surface area is 135 Å². The van der Waals surface area contributed by atoms with Crippen molar-refractivity contribution >= 4 is 11.9 Å². The average molecular weight is 325 g/mol. The second-order valence-corrected chi connectivity index (χ2v) is 4.63. The predicted molar refractivity (Wildman–Crippen MR) is 84.5 cm³/mol. The van der Waals surface area contributed by atoms with Crippen LogP contribution in [0.25, 0.3) is 0 Å². The molecule has 0 saturated heterocycles. The second kappa shape index (κ2) is 8.87. The molecule has 0 aliphatic heterocycles. The molecule has 0 aromatic heterocycles. The smallest absolute Gasteiger partial charge is 0.325 e. The van der Waals surface area contributed by atoms with Gasteiger partial charge in [-0.3, -0.25) is 9.59 Å². The molecule has 1 aromatic rings. The standard InChI is InChI=1S/C16H23NO6/c1-5-21-12-8-11(15(18)17-10(4)16(19)20)9-13(22-6-2)14(12)23-7-3/h8-10H,5-7H2,1-4H3,(H,17,18)(H,19,20)/t10-/m1/s1. The lowest BCUT2D eigenvalue weighted by Crippen LogP contribution is -2.38. The van der Waals surface area contributed by atoms with E-state index in [2.05, 4.69) is 5.32 Å². The van der Waals surface area contributed by atoms with Gasteiger partial charge in [0.15, 0.2) is 11.5 Å². The number of carboxylic acid groups (broad SMARTS) is 1. The van der Waals surface area contributed by atoms with Crippen LogP contribution in [0.3, 0.4) is 0 Å². The van der Waals surface area contributed by atoms with Gasteiger partial charge < -0.3 is 24.6 Å². The molecule has 1 atom stereocenters. The van der Waals surface area contributed by atoms with Gasteiger partial charge in [-0.15, -0.1) is 0 Å². The van der Waals surface area contributed by atoms with Crippen LogP contribution in [-0.4, -0.2) is 42.8 Å². The van der Waals surface area contributed by atoms with E-state index in [1.807, 2.05) is 20.8 Å². The number of rotatable bonds is 9. The summed E-state index contributed by atoms with van der Waals surface area (Å²) in [6.07, 6.45) is 0. The number of hydrogen-bond acceptors (Lipinski definition) is 5. The highest BCUT2D eigenvalue weighted by Gasteiger charge is 2.20. The summed E-state index contributed by atoms with van der Waals surface area (Å²) in [5.41, 5.74) is 0.244. The first-order chi connectivity index (χ1) is 10.9. The van der Waals surface area contributed by atoms with Gasteiger partial charge in [-0.2, -0.15) is 0 Å². The maximum atomic E-state index is 12.2. The highest BCUT2D eigenvalue weighted by molar-refractivity contribution is 5.97. The molecule has 0 radical (unpaired) electrons. The van der Waals surface area contributed by atoms with Crippen molar-refractivity contribution in [3.05, 3.63) is 17.7 Å². The lowest BCUT2D eigenvalue weighted by atomic mass is 10.1. The Balaban J connectivity index is 3.21. The third-order valence-electron chi connectivity index (χ3n) is 2.89. The number of carbonyl (C=O) groups excluding carboxylic acids is 1. The van der Waals surface area contributed by atoms with Crippen LogP contribution in [0, 0.1) is 0 Å². The fourth-order valence-electron chi connectivity index (χ4n) is 1.86. The van der Waals surface area contributed by atoms with Gasteiger partial charge in [0.1, 0.15) is 6.04 Å². The Morgan fingerprint density at radius 2 is 1.52 bits per heavy atom. The Hall–Kier alpha value is -2.44. The van der Waals surface area contributed by atoms with Crippen molar-refractivity contribution in [1.29, 1.82) is 0 Å². The van der Waals surface area contributed by atoms with Gasteiger partial charge in [0.05, 0.1) is 19.8 Å². The summed E-state index contributed by atoms with van der Waals surface area (Å²) in [6.45, 7) is 8.05. The van der Waals surface area contributed by atoms with Crippen molar-refractivity contribution in [3.8, 4) is 17.2 Å². The molecule has 0 unspecified atom stereocenters. The Bertz CT molecular complexity index is 530. The summed E-state index contributed by atoms with van der Waals surface area (Å²) in [4.78, 5) is 23.1. The van der Waals surface area contributed by atoms with E-state index in [0.29, 0.717) is 37.1 Å². The molecular weight excluding hydrogens is 302 g/mol. The summed E-state index contributed by atoms with van der Waals surface area (Å²) in [5.74, 6) is -0.440. The molecule has 0 bridgehead atoms. The van der Waals surface area contributed by atoms with E-state index in [4.69, 9.17) is 19.3 Å². The van der Waals surface area contributed by atoms with Crippen LogP contribution < -0.4 is 19.5 Å². The van der Waals surface area contributed by atoms with Gasteiger partial charge in [-0.25, -0.2) is 0 Å². The van der Waals surface area contributed by atoms with Crippen LogP contribution in [0.15, 0.2) is 12.1 Å². The predicted octanol–water partition coefficient (Wildman–Crippen LogP) is 2.09. The van der Waals surface area contributed by atoms with Crippen molar-refractivity contribution in [2.24, 2.45) is 0 Å². The van der Waals surface area contributed by atoms with E-state index in [1.54, 1.807) is 0 Å². The summed E-state index contributed by atoms with van der Waals surface area (Å²) >= 11 is 0. The number of hydrogen-bond donors (Lipinski definition) is 2. The summed E-state index contributed by atoms with van der Waals surface area (Å²) < 4.78 is 16.6. The van der Waals surface area contributed by atoms with E-state index in [9.17, 15) is 9.59 Å². The Kier molecular flexibility index (Phi) is 7.18. The van der Waals surface area contributed by atoms with Crippen molar-refractivity contribution in [2.45, 2.75) is 33.7 Å². The quantitative estimate of drug-likeness (QED) is 0.722. The zero-order valence-corrected chi connectivity index (χ0v) is 13.8. The number of ether oxygens (including phenoxy) is 3. The summed E-state index contributed by atoms with van der Waals surface area (Å²) in [6, 6.07) is 2.03. The van der Waals surface area contributed by atoms with Gasteiger partial charge in [-0.05, 0) is 39.8 Å². The van der Waals surface area contributed by atoms with Crippen molar-refractivity contribution in [3.63, 3.8) is 0 Å². The number of nitrogens with one attached hydrogen (secondary N) is 1. The van der Waals surface area contributed by atoms with E-state index < -0.39 is 17.9 Å². The maximum Gasteiger partial charge on any atom is 0.325 e. The molecule has 1 rings (SSSR count).